The molecule has 9 nitrogen and oxygen atoms in total. The molecule has 0 spiro atoms. The van der Waals surface area contributed by atoms with Crippen molar-refractivity contribution in [3.63, 3.8) is 0 Å². The second kappa shape index (κ2) is 11.6. The third kappa shape index (κ3) is 6.54. The van der Waals surface area contributed by atoms with E-state index in [1.807, 2.05) is 37.5 Å². The molecule has 0 saturated heterocycles. The van der Waals surface area contributed by atoms with Crippen LogP contribution < -0.4 is 16.2 Å². The Bertz CT molecular complexity index is 1360. The monoisotopic (exact) mass is 505 g/mol. The lowest BCUT2D eigenvalue weighted by molar-refractivity contribution is -0.119. The molecule has 1 saturated carbocycles. The molecule has 2 amide bonds. The van der Waals surface area contributed by atoms with Gasteiger partial charge in [-0.3, -0.25) is 19.2 Å². The minimum atomic E-state index is -0.500. The molecule has 3 aromatic rings. The van der Waals surface area contributed by atoms with E-state index >= 15 is 0 Å². The van der Waals surface area contributed by atoms with Crippen LogP contribution >= 0.6 is 0 Å². The van der Waals surface area contributed by atoms with Crippen LogP contribution in [-0.4, -0.2) is 65.8 Å². The Labute approximate surface area is 216 Å². The number of carbonyl (C=O) groups is 3. The zero-order chi connectivity index (χ0) is 26.5. The number of aromatic nitrogens is 2. The number of hydrogen-bond acceptors (Lipinski definition) is 5. The first-order chi connectivity index (χ1) is 17.8. The summed E-state index contributed by atoms with van der Waals surface area (Å²) in [4.78, 5) is 55.2. The minimum absolute atomic E-state index is 0.0252. The number of Topliss-reactive ketones (excluding diaryl/α,β-unsaturated/α-hetero) is 1. The first kappa shape index (κ1) is 26.3. The number of aromatic amines is 1. The lowest BCUT2D eigenvalue weighted by atomic mass is 10.0. The lowest BCUT2D eigenvalue weighted by Crippen LogP contribution is -2.32. The van der Waals surface area contributed by atoms with E-state index in [9.17, 15) is 19.2 Å². The van der Waals surface area contributed by atoms with Gasteiger partial charge in [-0.1, -0.05) is 12.1 Å². The molecule has 9 heteroatoms. The van der Waals surface area contributed by atoms with Gasteiger partial charge >= 0.3 is 0 Å². The molecule has 1 aliphatic rings. The van der Waals surface area contributed by atoms with Gasteiger partial charge in [0.05, 0.1) is 6.54 Å². The summed E-state index contributed by atoms with van der Waals surface area (Å²) in [6.45, 7) is 4.09. The number of nitrogens with one attached hydrogen (secondary N) is 3. The minimum Gasteiger partial charge on any atom is -0.361 e. The third-order valence-corrected chi connectivity index (χ3v) is 7.17. The number of nitrogens with zero attached hydrogens (tertiary/aromatic N) is 2. The third-order valence-electron chi connectivity index (χ3n) is 7.17. The molecule has 0 radical (unpaired) electrons. The molecule has 37 heavy (non-hydrogen) atoms. The van der Waals surface area contributed by atoms with Crippen molar-refractivity contribution in [3.05, 3.63) is 69.8 Å². The fourth-order valence-electron chi connectivity index (χ4n) is 4.87. The molecule has 0 bridgehead atoms. The number of hydrogen-bond donors (Lipinski definition) is 3. The number of pyridine rings is 1. The lowest BCUT2D eigenvalue weighted by Gasteiger charge is -2.16. The van der Waals surface area contributed by atoms with Crippen molar-refractivity contribution in [3.8, 4) is 0 Å². The molecule has 2 heterocycles. The predicted octanol–water partition coefficient (Wildman–Crippen LogP) is 2.40. The second-order valence-corrected chi connectivity index (χ2v) is 9.97. The van der Waals surface area contributed by atoms with E-state index in [2.05, 4.69) is 20.5 Å². The van der Waals surface area contributed by atoms with Crippen LogP contribution in [0.3, 0.4) is 0 Å². The standard InChI is InChI=1S/C28H35N5O4/c1-18(34)30-10-12-32(3)11-8-19-13-21(19)15-26(35)22-14-24(27(36)29-2)28(37)33(17-22)16-20-5-4-6-25-23(20)7-9-31-25/h4-7,9,14,17,19,21,31H,8,10-13,15-16H2,1-3H3,(H,29,36)(H,30,34)/t19-,21+/m0/s1. The second-order valence-electron chi connectivity index (χ2n) is 9.97. The summed E-state index contributed by atoms with van der Waals surface area (Å²) in [6, 6.07) is 9.21. The van der Waals surface area contributed by atoms with Crippen LogP contribution in [0, 0.1) is 11.8 Å². The van der Waals surface area contributed by atoms with Gasteiger partial charge < -0.3 is 25.1 Å². The van der Waals surface area contributed by atoms with Crippen LogP contribution in [-0.2, 0) is 11.3 Å². The molecule has 4 rings (SSSR count). The Kier molecular flexibility index (Phi) is 8.23. The zero-order valence-electron chi connectivity index (χ0n) is 21.7. The Hall–Kier alpha value is -3.72. The van der Waals surface area contributed by atoms with E-state index in [1.165, 1.54) is 24.6 Å². The average Bonchev–Trinajstić information content (AvgIpc) is 3.42. The molecular formula is C28H35N5O4. The normalized spacial score (nSPS) is 16.6. The summed E-state index contributed by atoms with van der Waals surface area (Å²) < 4.78 is 1.47. The first-order valence-electron chi connectivity index (χ1n) is 12.7. The number of benzene rings is 1. The van der Waals surface area contributed by atoms with E-state index in [0.29, 0.717) is 30.4 Å². The van der Waals surface area contributed by atoms with E-state index in [4.69, 9.17) is 0 Å². The van der Waals surface area contributed by atoms with Crippen LogP contribution in [0.4, 0.5) is 0 Å². The van der Waals surface area contributed by atoms with Crippen molar-refractivity contribution in [2.24, 2.45) is 11.8 Å². The number of fused-ring (bicyclic) bond motifs is 1. The first-order valence-corrected chi connectivity index (χ1v) is 12.7. The highest BCUT2D eigenvalue weighted by Crippen LogP contribution is 2.44. The van der Waals surface area contributed by atoms with Crippen molar-refractivity contribution in [2.45, 2.75) is 32.7 Å². The highest BCUT2D eigenvalue weighted by Gasteiger charge is 2.38. The Balaban J connectivity index is 1.43. The SMILES string of the molecule is CNC(=O)c1cc(C(=O)C[C@H]2C[C@@H]2CCN(C)CCNC(C)=O)cn(Cc2cccc3[nH]ccc23)c1=O. The molecular weight excluding hydrogens is 470 g/mol. The quantitative estimate of drug-likeness (QED) is 0.327. The molecule has 2 aromatic heterocycles. The number of carbonyl (C=O) groups excluding carboxylic acids is 3. The molecule has 1 aliphatic carbocycles. The molecule has 0 aliphatic heterocycles. The topological polar surface area (TPSA) is 116 Å². The fourth-order valence-corrected chi connectivity index (χ4v) is 4.87. The van der Waals surface area contributed by atoms with Gasteiger partial charge in [0.25, 0.3) is 11.5 Å². The van der Waals surface area contributed by atoms with Crippen molar-refractivity contribution < 1.29 is 14.4 Å². The van der Waals surface area contributed by atoms with Gasteiger partial charge in [0.1, 0.15) is 5.56 Å². The van der Waals surface area contributed by atoms with Crippen LogP contribution in [0.1, 0.15) is 52.5 Å². The van der Waals surface area contributed by atoms with E-state index in [1.54, 1.807) is 6.20 Å². The predicted molar refractivity (Wildman–Crippen MR) is 143 cm³/mol. The molecule has 1 fully saturated rings. The summed E-state index contributed by atoms with van der Waals surface area (Å²) in [6.07, 6.45) is 5.84. The summed E-state index contributed by atoms with van der Waals surface area (Å²) in [5, 5.41) is 6.31. The molecule has 0 unspecified atom stereocenters. The van der Waals surface area contributed by atoms with Crippen molar-refractivity contribution in [1.82, 2.24) is 25.1 Å². The average molecular weight is 506 g/mol. The zero-order valence-corrected chi connectivity index (χ0v) is 21.7. The van der Waals surface area contributed by atoms with Gasteiger partial charge in [0.15, 0.2) is 5.78 Å². The van der Waals surface area contributed by atoms with Crippen molar-refractivity contribution in [1.29, 1.82) is 0 Å². The maximum Gasteiger partial charge on any atom is 0.263 e. The summed E-state index contributed by atoms with van der Waals surface area (Å²) >= 11 is 0. The largest absolute Gasteiger partial charge is 0.361 e. The van der Waals surface area contributed by atoms with Gasteiger partial charge in [0, 0.05) is 62.3 Å². The van der Waals surface area contributed by atoms with Crippen LogP contribution in [0.25, 0.3) is 10.9 Å². The maximum absolute atomic E-state index is 13.2. The molecule has 2 atom stereocenters. The van der Waals surface area contributed by atoms with E-state index in [-0.39, 0.29) is 23.8 Å². The number of H-pyrrole nitrogens is 1. The van der Waals surface area contributed by atoms with Gasteiger partial charge in [-0.25, -0.2) is 0 Å². The van der Waals surface area contributed by atoms with E-state index < -0.39 is 11.5 Å². The van der Waals surface area contributed by atoms with Gasteiger partial charge in [-0.15, -0.1) is 0 Å². The highest BCUT2D eigenvalue weighted by atomic mass is 16.2. The molecule has 1 aromatic carbocycles. The summed E-state index contributed by atoms with van der Waals surface area (Å²) in [5.74, 6) is 0.225. The van der Waals surface area contributed by atoms with Gasteiger partial charge in [-0.05, 0) is 62.0 Å². The Morgan fingerprint density at radius 2 is 1.97 bits per heavy atom. The Morgan fingerprint density at radius 3 is 2.73 bits per heavy atom. The smallest absolute Gasteiger partial charge is 0.263 e. The summed E-state index contributed by atoms with van der Waals surface area (Å²) in [7, 11) is 3.50. The fraction of sp³-hybridized carbons (Fsp3) is 0.429. The Morgan fingerprint density at radius 1 is 1.16 bits per heavy atom. The van der Waals surface area contributed by atoms with Crippen molar-refractivity contribution >= 4 is 28.5 Å². The molecule has 3 N–H and O–H groups in total. The highest BCUT2D eigenvalue weighted by molar-refractivity contribution is 6.00. The van der Waals surface area contributed by atoms with Crippen molar-refractivity contribution in [2.75, 3.05) is 33.7 Å². The number of ketones is 1. The van der Waals surface area contributed by atoms with E-state index in [0.717, 1.165) is 42.4 Å². The number of amides is 2. The summed E-state index contributed by atoms with van der Waals surface area (Å²) in [5.41, 5.74) is 1.83. The van der Waals surface area contributed by atoms with Gasteiger partial charge in [0.2, 0.25) is 5.91 Å². The van der Waals surface area contributed by atoms with Gasteiger partial charge in [-0.2, -0.15) is 0 Å². The molecule has 196 valence electrons. The maximum atomic E-state index is 13.2. The van der Waals surface area contributed by atoms with Crippen LogP contribution in [0.2, 0.25) is 0 Å². The number of rotatable bonds is 12. The number of likely N-dealkylation sites (N-methyl/N-ethyl adjacent to an activating group) is 1. The van der Waals surface area contributed by atoms with Crippen LogP contribution in [0.5, 0.6) is 0 Å². The van der Waals surface area contributed by atoms with Crippen LogP contribution in [0.15, 0.2) is 47.5 Å².